The van der Waals surface area contributed by atoms with Crippen molar-refractivity contribution in [2.45, 2.75) is 40.2 Å². The van der Waals surface area contributed by atoms with Crippen molar-refractivity contribution in [2.24, 2.45) is 5.41 Å². The van der Waals surface area contributed by atoms with E-state index < -0.39 is 0 Å². The SMILES string of the molecule is COc1cccc2c(NCC(C)(C)CC(C)O)cc(C)nc12. The molecule has 0 saturated carbocycles. The smallest absolute Gasteiger partial charge is 0.145 e. The van der Waals surface area contributed by atoms with E-state index in [2.05, 4.69) is 30.2 Å². The van der Waals surface area contributed by atoms with Crippen molar-refractivity contribution >= 4 is 16.6 Å². The lowest BCUT2D eigenvalue weighted by Gasteiger charge is -2.27. The fourth-order valence-corrected chi connectivity index (χ4v) is 2.87. The van der Waals surface area contributed by atoms with E-state index in [0.29, 0.717) is 0 Å². The summed E-state index contributed by atoms with van der Waals surface area (Å²) >= 11 is 0. The number of hydrogen-bond acceptors (Lipinski definition) is 4. The molecule has 0 radical (unpaired) electrons. The first-order valence-electron chi connectivity index (χ1n) is 7.69. The minimum atomic E-state index is -0.298. The molecule has 2 rings (SSSR count). The number of aliphatic hydroxyl groups excluding tert-OH is 1. The van der Waals surface area contributed by atoms with Gasteiger partial charge in [0, 0.05) is 23.3 Å². The molecule has 0 saturated heterocycles. The van der Waals surface area contributed by atoms with Crippen molar-refractivity contribution < 1.29 is 9.84 Å². The topological polar surface area (TPSA) is 54.4 Å². The highest BCUT2D eigenvalue weighted by molar-refractivity contribution is 5.95. The zero-order valence-electron chi connectivity index (χ0n) is 14.1. The first kappa shape index (κ1) is 16.6. The van der Waals surface area contributed by atoms with Crippen LogP contribution in [0.25, 0.3) is 10.9 Å². The Balaban J connectivity index is 2.32. The molecule has 0 fully saturated rings. The third kappa shape index (κ3) is 3.89. The summed E-state index contributed by atoms with van der Waals surface area (Å²) in [5.74, 6) is 0.785. The quantitative estimate of drug-likeness (QED) is 0.853. The summed E-state index contributed by atoms with van der Waals surface area (Å²) in [6, 6.07) is 8.01. The summed E-state index contributed by atoms with van der Waals surface area (Å²) in [6.07, 6.45) is 0.457. The molecule has 22 heavy (non-hydrogen) atoms. The number of ether oxygens (including phenoxy) is 1. The second kappa shape index (κ2) is 6.53. The standard InChI is InChI=1S/C18H26N2O2/c1-12-9-15(19-11-18(3,4)10-13(2)21)14-7-6-8-16(22-5)17(14)20-12/h6-9,13,21H,10-11H2,1-5H3,(H,19,20). The summed E-state index contributed by atoms with van der Waals surface area (Å²) in [4.78, 5) is 4.59. The predicted molar refractivity (Wildman–Crippen MR) is 91.6 cm³/mol. The molecule has 0 aliphatic heterocycles. The van der Waals surface area contributed by atoms with E-state index in [1.807, 2.05) is 32.0 Å². The summed E-state index contributed by atoms with van der Waals surface area (Å²) in [7, 11) is 1.66. The van der Waals surface area contributed by atoms with Crippen LogP contribution in [0.4, 0.5) is 5.69 Å². The summed E-state index contributed by atoms with van der Waals surface area (Å²) < 4.78 is 5.41. The molecule has 2 aromatic rings. The average molecular weight is 302 g/mol. The number of aromatic nitrogens is 1. The molecule has 1 aromatic carbocycles. The lowest BCUT2D eigenvalue weighted by molar-refractivity contribution is 0.135. The van der Waals surface area contributed by atoms with Gasteiger partial charge in [0.15, 0.2) is 0 Å². The minimum Gasteiger partial charge on any atom is -0.494 e. The molecule has 4 nitrogen and oxygen atoms in total. The fraction of sp³-hybridized carbons (Fsp3) is 0.500. The molecular formula is C18H26N2O2. The number of hydrogen-bond donors (Lipinski definition) is 2. The molecule has 0 spiro atoms. The maximum atomic E-state index is 9.62. The maximum Gasteiger partial charge on any atom is 0.145 e. The number of para-hydroxylation sites is 1. The molecule has 0 bridgehead atoms. The van der Waals surface area contributed by atoms with Crippen molar-refractivity contribution in [1.82, 2.24) is 4.98 Å². The van der Waals surface area contributed by atoms with Crippen molar-refractivity contribution in [1.29, 1.82) is 0 Å². The van der Waals surface area contributed by atoms with E-state index >= 15 is 0 Å². The molecule has 2 N–H and O–H groups in total. The molecule has 0 amide bonds. The Kier molecular flexibility index (Phi) is 4.91. The van der Waals surface area contributed by atoms with E-state index in [4.69, 9.17) is 4.74 Å². The van der Waals surface area contributed by atoms with Crippen molar-refractivity contribution in [3.63, 3.8) is 0 Å². The van der Waals surface area contributed by atoms with Crippen LogP contribution in [0.1, 0.15) is 32.9 Å². The molecule has 4 heteroatoms. The average Bonchev–Trinajstić information content (AvgIpc) is 2.42. The van der Waals surface area contributed by atoms with Crippen LogP contribution in [0.2, 0.25) is 0 Å². The highest BCUT2D eigenvalue weighted by Crippen LogP contribution is 2.31. The summed E-state index contributed by atoms with van der Waals surface area (Å²) in [5, 5.41) is 14.2. The molecule has 1 atom stereocenters. The van der Waals surface area contributed by atoms with E-state index in [9.17, 15) is 5.11 Å². The number of pyridine rings is 1. The molecule has 1 heterocycles. The zero-order chi connectivity index (χ0) is 16.3. The second-order valence-electron chi connectivity index (χ2n) is 6.74. The van der Waals surface area contributed by atoms with Crippen LogP contribution in [-0.2, 0) is 0 Å². The predicted octanol–water partition coefficient (Wildman–Crippen LogP) is 3.76. The van der Waals surface area contributed by atoms with Gasteiger partial charge >= 0.3 is 0 Å². The van der Waals surface area contributed by atoms with Crippen LogP contribution in [0, 0.1) is 12.3 Å². The van der Waals surface area contributed by atoms with Crippen LogP contribution >= 0.6 is 0 Å². The van der Waals surface area contributed by atoms with Gasteiger partial charge in [-0.3, -0.25) is 0 Å². The number of fused-ring (bicyclic) bond motifs is 1. The van der Waals surface area contributed by atoms with Crippen LogP contribution in [0.3, 0.4) is 0 Å². The van der Waals surface area contributed by atoms with Gasteiger partial charge in [0.1, 0.15) is 11.3 Å². The Morgan fingerprint density at radius 3 is 2.73 bits per heavy atom. The van der Waals surface area contributed by atoms with Gasteiger partial charge in [-0.1, -0.05) is 26.0 Å². The summed E-state index contributed by atoms with van der Waals surface area (Å²) in [6.45, 7) is 8.91. The van der Waals surface area contributed by atoms with Crippen LogP contribution in [-0.4, -0.2) is 29.8 Å². The molecule has 1 unspecified atom stereocenters. The Hall–Kier alpha value is -1.81. The van der Waals surface area contributed by atoms with Crippen molar-refractivity contribution in [3.8, 4) is 5.75 Å². The Morgan fingerprint density at radius 2 is 2.09 bits per heavy atom. The van der Waals surface area contributed by atoms with Crippen LogP contribution in [0.15, 0.2) is 24.3 Å². The van der Waals surface area contributed by atoms with Gasteiger partial charge in [0.2, 0.25) is 0 Å². The van der Waals surface area contributed by atoms with Crippen LogP contribution in [0.5, 0.6) is 5.75 Å². The largest absolute Gasteiger partial charge is 0.494 e. The Labute approximate surface area is 132 Å². The van der Waals surface area contributed by atoms with Gasteiger partial charge < -0.3 is 15.2 Å². The van der Waals surface area contributed by atoms with Gasteiger partial charge in [0.25, 0.3) is 0 Å². The monoisotopic (exact) mass is 302 g/mol. The normalized spacial score (nSPS) is 13.2. The van der Waals surface area contributed by atoms with Crippen molar-refractivity contribution in [3.05, 3.63) is 30.0 Å². The first-order valence-corrected chi connectivity index (χ1v) is 7.69. The van der Waals surface area contributed by atoms with E-state index in [0.717, 1.165) is 41.0 Å². The molecular weight excluding hydrogens is 276 g/mol. The summed E-state index contributed by atoms with van der Waals surface area (Å²) in [5.41, 5.74) is 2.89. The number of benzene rings is 1. The highest BCUT2D eigenvalue weighted by Gasteiger charge is 2.20. The van der Waals surface area contributed by atoms with E-state index in [1.54, 1.807) is 7.11 Å². The van der Waals surface area contributed by atoms with Gasteiger partial charge in [-0.2, -0.15) is 0 Å². The molecule has 120 valence electrons. The van der Waals surface area contributed by atoms with Gasteiger partial charge in [-0.15, -0.1) is 0 Å². The lowest BCUT2D eigenvalue weighted by Crippen LogP contribution is -2.27. The Morgan fingerprint density at radius 1 is 1.36 bits per heavy atom. The van der Waals surface area contributed by atoms with E-state index in [1.165, 1.54) is 0 Å². The van der Waals surface area contributed by atoms with Crippen molar-refractivity contribution in [2.75, 3.05) is 19.0 Å². The minimum absolute atomic E-state index is 0.0104. The van der Waals surface area contributed by atoms with Gasteiger partial charge in [-0.05, 0) is 37.8 Å². The number of aryl methyl sites for hydroxylation is 1. The second-order valence-corrected chi connectivity index (χ2v) is 6.74. The number of aliphatic hydroxyl groups is 1. The van der Waals surface area contributed by atoms with Gasteiger partial charge in [0.05, 0.1) is 13.2 Å². The van der Waals surface area contributed by atoms with Gasteiger partial charge in [-0.25, -0.2) is 4.98 Å². The fourth-order valence-electron chi connectivity index (χ4n) is 2.87. The number of nitrogens with one attached hydrogen (secondary N) is 1. The van der Waals surface area contributed by atoms with E-state index in [-0.39, 0.29) is 11.5 Å². The molecule has 0 aliphatic carbocycles. The highest BCUT2D eigenvalue weighted by atomic mass is 16.5. The van der Waals surface area contributed by atoms with Crippen LogP contribution < -0.4 is 10.1 Å². The Bertz CT molecular complexity index is 651. The lowest BCUT2D eigenvalue weighted by atomic mass is 9.87. The third-order valence-corrected chi connectivity index (χ3v) is 3.76. The number of methoxy groups -OCH3 is 1. The molecule has 0 aliphatic rings. The number of nitrogens with zero attached hydrogens (tertiary/aromatic N) is 1. The molecule has 1 aromatic heterocycles. The first-order chi connectivity index (χ1) is 10.3. The zero-order valence-corrected chi connectivity index (χ0v) is 14.1. The number of anilines is 1. The third-order valence-electron chi connectivity index (χ3n) is 3.76. The maximum absolute atomic E-state index is 9.62. The number of rotatable bonds is 6.